The number of hydrogen-bond donors (Lipinski definition) is 1. The highest BCUT2D eigenvalue weighted by molar-refractivity contribution is 7.19. The average molecular weight is 401 g/mol. The van der Waals surface area contributed by atoms with Gasteiger partial charge in [0.25, 0.3) is 5.91 Å². The van der Waals surface area contributed by atoms with Crippen LogP contribution in [0.1, 0.15) is 27.9 Å². The zero-order valence-corrected chi connectivity index (χ0v) is 16.9. The third-order valence-corrected chi connectivity index (χ3v) is 6.25. The van der Waals surface area contributed by atoms with Crippen LogP contribution in [0.5, 0.6) is 0 Å². The summed E-state index contributed by atoms with van der Waals surface area (Å²) in [6, 6.07) is 16.0. The first-order valence-electron chi connectivity index (χ1n) is 9.66. The molecule has 5 rings (SSSR count). The second kappa shape index (κ2) is 7.29. The molecule has 29 heavy (non-hydrogen) atoms. The lowest BCUT2D eigenvalue weighted by Gasteiger charge is -2.04. The highest BCUT2D eigenvalue weighted by Gasteiger charge is 2.20. The number of carbonyl (C=O) groups excluding carboxylic acids is 1. The first-order valence-corrected chi connectivity index (χ1v) is 10.5. The topological polar surface area (TPSA) is 59.8 Å². The molecular weight excluding hydrogens is 380 g/mol. The van der Waals surface area contributed by atoms with Crippen molar-refractivity contribution in [3.8, 4) is 22.0 Å². The number of fused-ring (bicyclic) bond motifs is 1. The molecule has 0 saturated carbocycles. The molecule has 0 radical (unpaired) electrons. The van der Waals surface area contributed by atoms with Crippen molar-refractivity contribution in [2.24, 2.45) is 7.05 Å². The Morgan fingerprint density at radius 1 is 1.10 bits per heavy atom. The molecule has 0 spiro atoms. The van der Waals surface area contributed by atoms with Gasteiger partial charge in [0, 0.05) is 30.6 Å². The quantitative estimate of drug-likeness (QED) is 0.527. The number of rotatable bonds is 4. The van der Waals surface area contributed by atoms with Crippen molar-refractivity contribution in [2.75, 3.05) is 5.32 Å². The molecule has 5 nitrogen and oxygen atoms in total. The molecule has 0 saturated heterocycles. The third kappa shape index (κ3) is 3.36. The first kappa shape index (κ1) is 17.8. The Morgan fingerprint density at radius 3 is 2.72 bits per heavy atom. The minimum Gasteiger partial charge on any atom is -0.333 e. The van der Waals surface area contributed by atoms with Gasteiger partial charge in [-0.05, 0) is 42.5 Å². The van der Waals surface area contributed by atoms with Crippen LogP contribution in [-0.4, -0.2) is 20.4 Å². The number of anilines is 1. The van der Waals surface area contributed by atoms with Gasteiger partial charge in [-0.3, -0.25) is 10.1 Å². The van der Waals surface area contributed by atoms with Crippen molar-refractivity contribution in [1.29, 1.82) is 0 Å². The predicted octanol–water partition coefficient (Wildman–Crippen LogP) is 4.95. The maximum atomic E-state index is 12.9. The number of carbonyl (C=O) groups is 1. The Morgan fingerprint density at radius 2 is 1.93 bits per heavy atom. The lowest BCUT2D eigenvalue weighted by atomic mass is 10.1. The lowest BCUT2D eigenvalue weighted by molar-refractivity contribution is 0.102. The number of amides is 1. The Labute approximate surface area is 173 Å². The van der Waals surface area contributed by atoms with Crippen molar-refractivity contribution in [1.82, 2.24) is 14.5 Å². The van der Waals surface area contributed by atoms with Gasteiger partial charge in [0.15, 0.2) is 11.0 Å². The number of imidazole rings is 1. The van der Waals surface area contributed by atoms with Crippen LogP contribution in [-0.2, 0) is 19.9 Å². The van der Waals surface area contributed by atoms with E-state index in [-0.39, 0.29) is 5.91 Å². The minimum absolute atomic E-state index is 0.126. The van der Waals surface area contributed by atoms with E-state index < -0.39 is 0 Å². The van der Waals surface area contributed by atoms with Crippen molar-refractivity contribution >= 4 is 22.4 Å². The second-order valence-corrected chi connectivity index (χ2v) is 8.21. The van der Waals surface area contributed by atoms with Crippen molar-refractivity contribution in [3.63, 3.8) is 0 Å². The fraction of sp³-hybridized carbons (Fsp3) is 0.174. The fourth-order valence-corrected chi connectivity index (χ4v) is 4.81. The minimum atomic E-state index is -0.126. The van der Waals surface area contributed by atoms with Crippen molar-refractivity contribution < 1.29 is 4.79 Å². The molecule has 0 fully saturated rings. The standard InChI is InChI=1S/C23H20N4OS/c1-27-13-12-24-21(27)20-19(16-6-3-2-4-7-16)25-23(29-20)26-22(28)18-11-10-15-8-5-9-17(15)14-18/h2-4,6-7,10-14H,5,8-9H2,1H3,(H,25,26,28). The van der Waals surface area contributed by atoms with Gasteiger partial charge in [-0.25, -0.2) is 9.97 Å². The molecule has 0 unspecified atom stereocenters. The summed E-state index contributed by atoms with van der Waals surface area (Å²) in [5.41, 5.74) is 5.16. The second-order valence-electron chi connectivity index (χ2n) is 7.22. The van der Waals surface area contributed by atoms with E-state index >= 15 is 0 Å². The first-order chi connectivity index (χ1) is 14.2. The lowest BCUT2D eigenvalue weighted by Crippen LogP contribution is -2.12. The van der Waals surface area contributed by atoms with Gasteiger partial charge >= 0.3 is 0 Å². The van der Waals surface area contributed by atoms with E-state index in [1.807, 2.05) is 60.3 Å². The summed E-state index contributed by atoms with van der Waals surface area (Å²) in [5, 5.41) is 3.57. The van der Waals surface area contributed by atoms with Crippen LogP contribution in [0.2, 0.25) is 0 Å². The molecule has 2 heterocycles. The van der Waals surface area contributed by atoms with E-state index in [1.54, 1.807) is 6.20 Å². The van der Waals surface area contributed by atoms with Gasteiger partial charge in [-0.1, -0.05) is 47.7 Å². The molecule has 0 aliphatic heterocycles. The number of benzene rings is 2. The monoisotopic (exact) mass is 400 g/mol. The van der Waals surface area contributed by atoms with Gasteiger partial charge in [0.1, 0.15) is 0 Å². The van der Waals surface area contributed by atoms with Crippen LogP contribution in [0.4, 0.5) is 5.13 Å². The summed E-state index contributed by atoms with van der Waals surface area (Å²) in [6.07, 6.45) is 7.01. The maximum Gasteiger partial charge on any atom is 0.257 e. The normalized spacial score (nSPS) is 12.7. The number of thiazole rings is 1. The maximum absolute atomic E-state index is 12.9. The summed E-state index contributed by atoms with van der Waals surface area (Å²) in [4.78, 5) is 23.0. The number of nitrogens with one attached hydrogen (secondary N) is 1. The molecule has 0 atom stereocenters. The van der Waals surface area contributed by atoms with E-state index in [0.717, 1.165) is 34.8 Å². The molecule has 1 aliphatic carbocycles. The summed E-state index contributed by atoms with van der Waals surface area (Å²) >= 11 is 1.45. The highest BCUT2D eigenvalue weighted by atomic mass is 32.1. The molecule has 1 amide bonds. The van der Waals surface area contributed by atoms with E-state index in [1.165, 1.54) is 28.9 Å². The zero-order valence-electron chi connectivity index (χ0n) is 16.1. The SMILES string of the molecule is Cn1ccnc1-c1sc(NC(=O)c2ccc3c(c2)CCC3)nc1-c1ccccc1. The van der Waals surface area contributed by atoms with Crippen molar-refractivity contribution in [2.45, 2.75) is 19.3 Å². The number of hydrogen-bond acceptors (Lipinski definition) is 4. The highest BCUT2D eigenvalue weighted by Crippen LogP contribution is 2.38. The molecule has 144 valence electrons. The Balaban J connectivity index is 1.50. The van der Waals surface area contributed by atoms with Gasteiger partial charge in [-0.15, -0.1) is 0 Å². The van der Waals surface area contributed by atoms with Crippen LogP contribution in [0.3, 0.4) is 0 Å². The van der Waals surface area contributed by atoms with Gasteiger partial charge in [-0.2, -0.15) is 0 Å². The summed E-state index contributed by atoms with van der Waals surface area (Å²) < 4.78 is 1.96. The number of aryl methyl sites for hydroxylation is 3. The van der Waals surface area contributed by atoms with Crippen LogP contribution in [0.15, 0.2) is 60.9 Å². The Bertz CT molecular complexity index is 1190. The van der Waals surface area contributed by atoms with Gasteiger partial charge in [0.2, 0.25) is 0 Å². The number of nitrogens with zero attached hydrogens (tertiary/aromatic N) is 3. The fourth-order valence-electron chi connectivity index (χ4n) is 3.78. The smallest absolute Gasteiger partial charge is 0.257 e. The molecule has 6 heteroatoms. The van der Waals surface area contributed by atoms with E-state index in [2.05, 4.69) is 16.4 Å². The predicted molar refractivity (Wildman–Crippen MR) is 116 cm³/mol. The van der Waals surface area contributed by atoms with Crippen LogP contribution >= 0.6 is 11.3 Å². The molecule has 0 bridgehead atoms. The van der Waals surface area contributed by atoms with Crippen LogP contribution in [0, 0.1) is 0 Å². The molecule has 1 N–H and O–H groups in total. The summed E-state index contributed by atoms with van der Waals surface area (Å²) in [7, 11) is 1.96. The molecular formula is C23H20N4OS. The van der Waals surface area contributed by atoms with E-state index in [9.17, 15) is 4.79 Å². The molecule has 4 aromatic rings. The average Bonchev–Trinajstić information content (AvgIpc) is 3.47. The number of aromatic nitrogens is 3. The molecule has 2 aromatic carbocycles. The van der Waals surface area contributed by atoms with Gasteiger partial charge in [0.05, 0.1) is 10.6 Å². The van der Waals surface area contributed by atoms with E-state index in [0.29, 0.717) is 10.7 Å². The molecule has 1 aliphatic rings. The summed E-state index contributed by atoms with van der Waals surface area (Å²) in [5.74, 6) is 0.707. The third-order valence-electron chi connectivity index (χ3n) is 5.28. The van der Waals surface area contributed by atoms with E-state index in [4.69, 9.17) is 4.98 Å². The van der Waals surface area contributed by atoms with Crippen LogP contribution in [0.25, 0.3) is 22.0 Å². The molecule has 2 aromatic heterocycles. The van der Waals surface area contributed by atoms with Crippen LogP contribution < -0.4 is 5.32 Å². The summed E-state index contributed by atoms with van der Waals surface area (Å²) in [6.45, 7) is 0. The van der Waals surface area contributed by atoms with Crippen molar-refractivity contribution in [3.05, 3.63) is 77.6 Å². The Kier molecular flexibility index (Phi) is 4.48. The Hall–Kier alpha value is -3.25. The largest absolute Gasteiger partial charge is 0.333 e. The van der Waals surface area contributed by atoms with Gasteiger partial charge < -0.3 is 4.57 Å². The zero-order chi connectivity index (χ0) is 19.8.